The van der Waals surface area contributed by atoms with Crippen LogP contribution in [0.4, 0.5) is 5.69 Å². The molecule has 0 radical (unpaired) electrons. The van der Waals surface area contributed by atoms with Crippen molar-refractivity contribution in [3.63, 3.8) is 0 Å². The number of sulfone groups is 1. The lowest BCUT2D eigenvalue weighted by molar-refractivity contribution is 0.589. The number of benzene rings is 2. The highest BCUT2D eigenvalue weighted by atomic mass is 32.2. The van der Waals surface area contributed by atoms with Crippen LogP contribution in [0.25, 0.3) is 27.9 Å². The molecule has 1 N–H and O–H groups in total. The molecule has 1 saturated heterocycles. The van der Waals surface area contributed by atoms with Crippen molar-refractivity contribution in [1.82, 2.24) is 19.9 Å². The summed E-state index contributed by atoms with van der Waals surface area (Å²) < 4.78 is 27.1. The zero-order valence-corrected chi connectivity index (χ0v) is 19.0. The second kappa shape index (κ2) is 7.97. The van der Waals surface area contributed by atoms with Gasteiger partial charge in [0.2, 0.25) is 0 Å². The van der Waals surface area contributed by atoms with E-state index in [0.29, 0.717) is 10.5 Å². The van der Waals surface area contributed by atoms with Gasteiger partial charge in [-0.25, -0.2) is 17.9 Å². The molecular weight excluding hydrogens is 434 g/mol. The highest BCUT2D eigenvalue weighted by Crippen LogP contribution is 2.35. The molecule has 7 nitrogen and oxygen atoms in total. The molecule has 1 aliphatic heterocycles. The Labute approximate surface area is 193 Å². The summed E-state index contributed by atoms with van der Waals surface area (Å²) in [5, 5.41) is 7.66. The third-order valence-electron chi connectivity index (χ3n) is 6.48. The lowest BCUT2D eigenvalue weighted by Crippen LogP contribution is -2.43. The summed E-state index contributed by atoms with van der Waals surface area (Å²) in [5.74, 6) is 0. The first-order chi connectivity index (χ1) is 16.1. The minimum atomic E-state index is -3.24. The molecule has 8 heteroatoms. The number of hydrogen-bond donors (Lipinski definition) is 1. The number of fused-ring (bicyclic) bond motifs is 1. The van der Waals surface area contributed by atoms with E-state index in [9.17, 15) is 8.42 Å². The minimum absolute atomic E-state index is 0.227. The first-order valence-corrected chi connectivity index (χ1v) is 12.9. The van der Waals surface area contributed by atoms with Crippen LogP contribution in [0.3, 0.4) is 0 Å². The maximum absolute atomic E-state index is 12.7. The number of anilines is 1. The van der Waals surface area contributed by atoms with E-state index in [1.54, 1.807) is 28.9 Å². The van der Waals surface area contributed by atoms with E-state index in [1.165, 1.54) is 5.69 Å². The number of rotatable bonds is 5. The van der Waals surface area contributed by atoms with Gasteiger partial charge in [0.15, 0.2) is 15.5 Å². The smallest absolute Gasteiger partial charge is 0.181 e. The monoisotopic (exact) mass is 459 g/mol. The Kier molecular flexibility index (Phi) is 4.92. The summed E-state index contributed by atoms with van der Waals surface area (Å²) in [6, 6.07) is 15.7. The van der Waals surface area contributed by atoms with Crippen molar-refractivity contribution in [2.45, 2.75) is 23.0 Å². The fourth-order valence-electron chi connectivity index (χ4n) is 4.43. The Hall–Kier alpha value is -3.23. The molecule has 2 aliphatic rings. The minimum Gasteiger partial charge on any atom is -0.369 e. The summed E-state index contributed by atoms with van der Waals surface area (Å²) in [6.07, 6.45) is 7.08. The lowest BCUT2D eigenvalue weighted by atomic mass is 10.1. The molecule has 2 aromatic heterocycles. The van der Waals surface area contributed by atoms with Gasteiger partial charge >= 0.3 is 0 Å². The van der Waals surface area contributed by atoms with Crippen LogP contribution in [0.15, 0.2) is 72.0 Å². The molecule has 0 amide bonds. The number of hydrogen-bond acceptors (Lipinski definition) is 6. The van der Waals surface area contributed by atoms with Crippen molar-refractivity contribution in [2.24, 2.45) is 0 Å². The van der Waals surface area contributed by atoms with Gasteiger partial charge < -0.3 is 10.2 Å². The lowest BCUT2D eigenvalue weighted by Gasteiger charge is -2.29. The fraction of sp³-hybridized carbons (Fsp3) is 0.280. The van der Waals surface area contributed by atoms with Crippen LogP contribution in [-0.2, 0) is 9.84 Å². The Bertz CT molecular complexity index is 1420. The molecule has 0 bridgehead atoms. The first-order valence-electron chi connectivity index (χ1n) is 11.3. The van der Waals surface area contributed by atoms with E-state index in [0.717, 1.165) is 61.3 Å². The van der Waals surface area contributed by atoms with Gasteiger partial charge in [-0.05, 0) is 48.2 Å². The van der Waals surface area contributed by atoms with E-state index >= 15 is 0 Å². The number of nitrogens with one attached hydrogen (secondary N) is 1. The molecule has 2 fully saturated rings. The van der Waals surface area contributed by atoms with Crippen molar-refractivity contribution in [1.29, 1.82) is 0 Å². The molecule has 4 aromatic rings. The maximum Gasteiger partial charge on any atom is 0.181 e. The molecule has 168 valence electrons. The summed E-state index contributed by atoms with van der Waals surface area (Å²) in [4.78, 5) is 7.44. The molecule has 0 spiro atoms. The van der Waals surface area contributed by atoms with Crippen LogP contribution >= 0.6 is 0 Å². The van der Waals surface area contributed by atoms with E-state index in [1.807, 2.05) is 18.5 Å². The average Bonchev–Trinajstić information content (AvgIpc) is 3.65. The predicted molar refractivity (Wildman–Crippen MR) is 129 cm³/mol. The second-order valence-electron chi connectivity index (χ2n) is 8.73. The summed E-state index contributed by atoms with van der Waals surface area (Å²) in [7, 11) is -3.24. The van der Waals surface area contributed by atoms with Crippen LogP contribution in [0, 0.1) is 0 Å². The van der Waals surface area contributed by atoms with E-state index in [-0.39, 0.29) is 5.25 Å². The third-order valence-corrected chi connectivity index (χ3v) is 8.74. The highest BCUT2D eigenvalue weighted by molar-refractivity contribution is 7.92. The topological polar surface area (TPSA) is 79.6 Å². The fourth-order valence-corrected chi connectivity index (χ4v) is 6.13. The molecule has 0 atom stereocenters. The average molecular weight is 460 g/mol. The molecule has 3 heterocycles. The molecule has 2 aromatic carbocycles. The molecule has 0 unspecified atom stereocenters. The van der Waals surface area contributed by atoms with Gasteiger partial charge in [-0.2, -0.15) is 5.10 Å². The maximum atomic E-state index is 12.7. The highest BCUT2D eigenvalue weighted by Gasteiger charge is 2.36. The number of nitrogens with zero attached hydrogens (tertiary/aromatic N) is 4. The van der Waals surface area contributed by atoms with Crippen molar-refractivity contribution in [3.05, 3.63) is 67.1 Å². The van der Waals surface area contributed by atoms with Crippen LogP contribution in [0.2, 0.25) is 0 Å². The van der Waals surface area contributed by atoms with Crippen LogP contribution in [0.1, 0.15) is 12.8 Å². The van der Waals surface area contributed by atoms with Gasteiger partial charge in [-0.3, -0.25) is 0 Å². The molecule has 1 saturated carbocycles. The Morgan fingerprint density at radius 1 is 0.909 bits per heavy atom. The van der Waals surface area contributed by atoms with Gasteiger partial charge in [0.05, 0.1) is 16.3 Å². The van der Waals surface area contributed by atoms with Gasteiger partial charge in [0.1, 0.15) is 0 Å². The number of aromatic nitrogens is 3. The third kappa shape index (κ3) is 3.79. The van der Waals surface area contributed by atoms with Gasteiger partial charge in [0, 0.05) is 55.4 Å². The van der Waals surface area contributed by atoms with Gasteiger partial charge in [-0.15, -0.1) is 0 Å². The Balaban J connectivity index is 1.30. The van der Waals surface area contributed by atoms with Crippen molar-refractivity contribution in [2.75, 3.05) is 31.1 Å². The molecule has 33 heavy (non-hydrogen) atoms. The quantitative estimate of drug-likeness (QED) is 0.493. The van der Waals surface area contributed by atoms with Crippen molar-refractivity contribution >= 4 is 21.2 Å². The van der Waals surface area contributed by atoms with E-state index in [2.05, 4.69) is 44.6 Å². The molecular formula is C25H25N5O2S. The van der Waals surface area contributed by atoms with Gasteiger partial charge in [-0.1, -0.05) is 24.3 Å². The normalized spacial score (nSPS) is 16.9. The largest absolute Gasteiger partial charge is 0.369 e. The van der Waals surface area contributed by atoms with Crippen molar-refractivity contribution < 1.29 is 8.42 Å². The zero-order chi connectivity index (χ0) is 22.4. The Morgan fingerprint density at radius 3 is 2.45 bits per heavy atom. The summed E-state index contributed by atoms with van der Waals surface area (Å²) in [5.41, 5.74) is 5.64. The van der Waals surface area contributed by atoms with Crippen molar-refractivity contribution in [3.8, 4) is 22.3 Å². The number of piperazine rings is 1. The predicted octanol–water partition coefficient (Wildman–Crippen LogP) is 3.41. The summed E-state index contributed by atoms with van der Waals surface area (Å²) in [6.45, 7) is 4.07. The van der Waals surface area contributed by atoms with E-state index < -0.39 is 9.84 Å². The van der Waals surface area contributed by atoms with Crippen LogP contribution < -0.4 is 10.2 Å². The SMILES string of the molecule is O=S(=O)(c1cccc(-c2cnn3cc(-c4ccc(N5CCNCC5)cc4)cnc23)c1)C1CC1. The second-order valence-corrected chi connectivity index (χ2v) is 11.0. The van der Waals surface area contributed by atoms with Gasteiger partial charge in [0.25, 0.3) is 0 Å². The summed E-state index contributed by atoms with van der Waals surface area (Å²) >= 11 is 0. The molecule has 1 aliphatic carbocycles. The van der Waals surface area contributed by atoms with Crippen LogP contribution in [0.5, 0.6) is 0 Å². The molecule has 6 rings (SSSR count). The van der Waals surface area contributed by atoms with E-state index in [4.69, 9.17) is 0 Å². The van der Waals surface area contributed by atoms with Crippen LogP contribution in [-0.4, -0.2) is 54.4 Å². The first kappa shape index (κ1) is 20.4. The standard InChI is InChI=1S/C25H25N5O2S/c31-33(32,22-8-9-22)23-3-1-2-19(14-23)24-16-28-30-17-20(15-27-25(24)30)18-4-6-21(7-5-18)29-12-10-26-11-13-29/h1-7,14-17,22,26H,8-13H2. The zero-order valence-electron chi connectivity index (χ0n) is 18.2. The Morgan fingerprint density at radius 2 is 1.70 bits per heavy atom.